The smallest absolute Gasteiger partial charge is 0.124 e. The van der Waals surface area contributed by atoms with E-state index in [9.17, 15) is 4.39 Å². The van der Waals surface area contributed by atoms with E-state index in [0.29, 0.717) is 21.9 Å². The summed E-state index contributed by atoms with van der Waals surface area (Å²) in [6.45, 7) is 2.12. The predicted molar refractivity (Wildman–Crippen MR) is 82.8 cm³/mol. The molecule has 0 heterocycles. The van der Waals surface area contributed by atoms with Crippen molar-refractivity contribution in [3.05, 3.63) is 63.9 Å². The number of nitrogens with two attached hydrogens (primary N) is 1. The molecule has 0 aliphatic heterocycles. The van der Waals surface area contributed by atoms with E-state index < -0.39 is 0 Å². The lowest BCUT2D eigenvalue weighted by Crippen LogP contribution is -2.10. The van der Waals surface area contributed by atoms with E-state index in [1.807, 2.05) is 13.0 Å². The molecule has 2 aromatic rings. The van der Waals surface area contributed by atoms with Crippen molar-refractivity contribution in [3.63, 3.8) is 0 Å². The quantitative estimate of drug-likeness (QED) is 0.867. The van der Waals surface area contributed by atoms with Crippen molar-refractivity contribution in [3.8, 4) is 5.75 Å². The van der Waals surface area contributed by atoms with Gasteiger partial charge in [-0.15, -0.1) is 0 Å². The Morgan fingerprint density at radius 3 is 2.70 bits per heavy atom. The minimum Gasteiger partial charge on any atom is -0.489 e. The first-order chi connectivity index (χ1) is 9.45. The van der Waals surface area contributed by atoms with Gasteiger partial charge in [-0.05, 0) is 54.4 Å². The molecule has 0 saturated heterocycles. The normalized spacial score (nSPS) is 10.3. The number of hydrogen-bond donors (Lipinski definition) is 1. The molecule has 2 nitrogen and oxygen atoms in total. The SMILES string of the molecule is Cc1cc(OCc2cc(F)cc(C(N)=S)c2)ccc1Cl. The van der Waals surface area contributed by atoms with Crippen LogP contribution in [0.5, 0.6) is 5.75 Å². The average molecular weight is 310 g/mol. The summed E-state index contributed by atoms with van der Waals surface area (Å²) in [5.41, 5.74) is 7.59. The summed E-state index contributed by atoms with van der Waals surface area (Å²) < 4.78 is 19.1. The van der Waals surface area contributed by atoms with Crippen molar-refractivity contribution in [2.75, 3.05) is 0 Å². The highest BCUT2D eigenvalue weighted by atomic mass is 35.5. The van der Waals surface area contributed by atoms with Crippen LogP contribution in [0.1, 0.15) is 16.7 Å². The summed E-state index contributed by atoms with van der Waals surface area (Å²) in [6.07, 6.45) is 0. The zero-order chi connectivity index (χ0) is 14.7. The maximum absolute atomic E-state index is 13.4. The first-order valence-corrected chi connectivity index (χ1v) is 6.72. The van der Waals surface area contributed by atoms with Gasteiger partial charge in [0.05, 0.1) is 0 Å². The maximum atomic E-state index is 13.4. The van der Waals surface area contributed by atoms with Gasteiger partial charge in [0.25, 0.3) is 0 Å². The Morgan fingerprint density at radius 1 is 1.30 bits per heavy atom. The van der Waals surface area contributed by atoms with Crippen LogP contribution >= 0.6 is 23.8 Å². The number of halogens is 2. The molecule has 5 heteroatoms. The van der Waals surface area contributed by atoms with E-state index in [2.05, 4.69) is 0 Å². The lowest BCUT2D eigenvalue weighted by molar-refractivity contribution is 0.305. The van der Waals surface area contributed by atoms with E-state index in [4.69, 9.17) is 34.3 Å². The number of aryl methyl sites for hydroxylation is 1. The van der Waals surface area contributed by atoms with Crippen LogP contribution < -0.4 is 10.5 Å². The molecule has 0 aromatic heterocycles. The van der Waals surface area contributed by atoms with Crippen LogP contribution in [-0.4, -0.2) is 4.99 Å². The van der Waals surface area contributed by atoms with Crippen LogP contribution in [-0.2, 0) is 6.61 Å². The number of rotatable bonds is 4. The zero-order valence-electron chi connectivity index (χ0n) is 10.8. The van der Waals surface area contributed by atoms with E-state index in [-0.39, 0.29) is 17.4 Å². The van der Waals surface area contributed by atoms with Gasteiger partial charge in [-0.3, -0.25) is 0 Å². The number of thiocarbonyl (C=S) groups is 1. The van der Waals surface area contributed by atoms with Gasteiger partial charge in [-0.1, -0.05) is 23.8 Å². The van der Waals surface area contributed by atoms with E-state index in [0.717, 1.165) is 5.56 Å². The third kappa shape index (κ3) is 3.68. The van der Waals surface area contributed by atoms with Gasteiger partial charge in [0.2, 0.25) is 0 Å². The van der Waals surface area contributed by atoms with Gasteiger partial charge in [0.15, 0.2) is 0 Å². The second-order valence-corrected chi connectivity index (χ2v) is 5.26. The highest BCUT2D eigenvalue weighted by Crippen LogP contribution is 2.22. The molecule has 2 aromatic carbocycles. The molecule has 0 bridgehead atoms. The molecule has 0 radical (unpaired) electrons. The fraction of sp³-hybridized carbons (Fsp3) is 0.133. The molecule has 0 amide bonds. The summed E-state index contributed by atoms with van der Waals surface area (Å²) in [5, 5.41) is 0.680. The molecule has 0 aliphatic rings. The molecule has 0 fully saturated rings. The van der Waals surface area contributed by atoms with Gasteiger partial charge in [-0.25, -0.2) is 4.39 Å². The highest BCUT2D eigenvalue weighted by molar-refractivity contribution is 7.80. The molecule has 0 saturated carbocycles. The summed E-state index contributed by atoms with van der Waals surface area (Å²) in [4.78, 5) is 0.160. The van der Waals surface area contributed by atoms with E-state index >= 15 is 0 Å². The van der Waals surface area contributed by atoms with Gasteiger partial charge in [-0.2, -0.15) is 0 Å². The number of hydrogen-bond acceptors (Lipinski definition) is 2. The molecule has 2 rings (SSSR count). The Bertz CT molecular complexity index is 660. The van der Waals surface area contributed by atoms with Crippen molar-refractivity contribution < 1.29 is 9.13 Å². The molecule has 104 valence electrons. The zero-order valence-corrected chi connectivity index (χ0v) is 12.4. The van der Waals surface area contributed by atoms with Crippen molar-refractivity contribution in [1.29, 1.82) is 0 Å². The summed E-state index contributed by atoms with van der Waals surface area (Å²) in [6, 6.07) is 9.77. The Balaban J connectivity index is 2.14. The van der Waals surface area contributed by atoms with Crippen LogP contribution in [0.2, 0.25) is 5.02 Å². The largest absolute Gasteiger partial charge is 0.489 e. The van der Waals surface area contributed by atoms with Gasteiger partial charge >= 0.3 is 0 Å². The Hall–Kier alpha value is -1.65. The van der Waals surface area contributed by atoms with Crippen molar-refractivity contribution in [2.24, 2.45) is 5.73 Å². The lowest BCUT2D eigenvalue weighted by Gasteiger charge is -2.09. The summed E-state index contributed by atoms with van der Waals surface area (Å²) >= 11 is 10.8. The first-order valence-electron chi connectivity index (χ1n) is 5.94. The number of ether oxygens (including phenoxy) is 1. The minimum atomic E-state index is -0.388. The van der Waals surface area contributed by atoms with Crippen LogP contribution in [0.4, 0.5) is 4.39 Å². The summed E-state index contributed by atoms with van der Waals surface area (Å²) in [5.74, 6) is 0.286. The molecule has 20 heavy (non-hydrogen) atoms. The van der Waals surface area contributed by atoms with Crippen molar-refractivity contribution in [2.45, 2.75) is 13.5 Å². The first kappa shape index (κ1) is 14.8. The Kier molecular flexibility index (Phi) is 4.57. The fourth-order valence-electron chi connectivity index (χ4n) is 1.75. The van der Waals surface area contributed by atoms with Crippen molar-refractivity contribution in [1.82, 2.24) is 0 Å². The molecule has 0 atom stereocenters. The highest BCUT2D eigenvalue weighted by Gasteiger charge is 2.05. The number of benzene rings is 2. The second kappa shape index (κ2) is 6.20. The Morgan fingerprint density at radius 2 is 2.05 bits per heavy atom. The second-order valence-electron chi connectivity index (χ2n) is 4.41. The lowest BCUT2D eigenvalue weighted by atomic mass is 10.1. The van der Waals surface area contributed by atoms with E-state index in [1.165, 1.54) is 12.1 Å². The third-order valence-electron chi connectivity index (χ3n) is 2.78. The topological polar surface area (TPSA) is 35.2 Å². The summed E-state index contributed by atoms with van der Waals surface area (Å²) in [7, 11) is 0. The fourth-order valence-corrected chi connectivity index (χ4v) is 1.99. The van der Waals surface area contributed by atoms with Crippen LogP contribution in [0.25, 0.3) is 0 Å². The molecule has 2 N–H and O–H groups in total. The van der Waals surface area contributed by atoms with Crippen molar-refractivity contribution >= 4 is 28.8 Å². The van der Waals surface area contributed by atoms with Crippen LogP contribution in [0.3, 0.4) is 0 Å². The van der Waals surface area contributed by atoms with Crippen LogP contribution in [0.15, 0.2) is 36.4 Å². The monoisotopic (exact) mass is 309 g/mol. The van der Waals surface area contributed by atoms with E-state index in [1.54, 1.807) is 18.2 Å². The average Bonchev–Trinajstić information content (AvgIpc) is 2.39. The third-order valence-corrected chi connectivity index (χ3v) is 3.44. The minimum absolute atomic E-state index is 0.160. The molecule has 0 unspecified atom stereocenters. The molecule has 0 aliphatic carbocycles. The van der Waals surface area contributed by atoms with Gasteiger partial charge in [0.1, 0.15) is 23.2 Å². The Labute approximate surface area is 127 Å². The van der Waals surface area contributed by atoms with Gasteiger partial charge in [0, 0.05) is 10.6 Å². The molecular weight excluding hydrogens is 297 g/mol. The standard InChI is InChI=1S/C15H13ClFNOS/c1-9-4-13(2-3-14(9)16)19-8-10-5-11(15(18)20)7-12(17)6-10/h2-7H,8H2,1H3,(H2,18,20). The maximum Gasteiger partial charge on any atom is 0.124 e. The predicted octanol–water partition coefficient (Wildman–Crippen LogP) is 4.00. The molecule has 0 spiro atoms. The molecular formula is C15H13ClFNOS. The van der Waals surface area contributed by atoms with Gasteiger partial charge < -0.3 is 10.5 Å². The van der Waals surface area contributed by atoms with Crippen LogP contribution in [0, 0.1) is 12.7 Å².